The fraction of sp³-hybridized carbons (Fsp3) is 0.273. The fourth-order valence-electron chi connectivity index (χ4n) is 1.69. The number of nitro benzene ring substituents is 1. The van der Waals surface area contributed by atoms with Crippen LogP contribution in [0.2, 0.25) is 0 Å². The van der Waals surface area contributed by atoms with E-state index >= 15 is 0 Å². The van der Waals surface area contributed by atoms with Crippen molar-refractivity contribution in [2.24, 2.45) is 10.2 Å². The number of likely N-dealkylation sites (N-methyl/N-ethyl adjacent to an activating group) is 1. The highest BCUT2D eigenvalue weighted by Crippen LogP contribution is 2.32. The molecule has 0 aliphatic heterocycles. The van der Waals surface area contributed by atoms with Crippen LogP contribution in [0.1, 0.15) is 0 Å². The van der Waals surface area contributed by atoms with E-state index in [2.05, 4.69) is 23.8 Å². The lowest BCUT2D eigenvalue weighted by atomic mass is 10.2. The van der Waals surface area contributed by atoms with Crippen LogP contribution in [0.15, 0.2) is 34.8 Å². The van der Waals surface area contributed by atoms with Crippen molar-refractivity contribution in [2.45, 2.75) is 0 Å². The monoisotopic (exact) mass is 387 g/mol. The van der Waals surface area contributed by atoms with E-state index in [9.17, 15) is 23.1 Å². The Bertz CT molecular complexity index is 869. The van der Waals surface area contributed by atoms with Gasteiger partial charge in [-0.2, -0.15) is 4.37 Å². The highest BCUT2D eigenvalue weighted by molar-refractivity contribution is 7.80. The highest BCUT2D eigenvalue weighted by atomic mass is 32.3. The summed E-state index contributed by atoms with van der Waals surface area (Å²) in [6, 6.07) is 4.17. The SMILES string of the molecule is CN(CCOS(=O)(=O)[O-])c1ccc(N=Nc2ncns2)c([N+](=O)[O-])c1. The molecule has 0 fully saturated rings. The predicted molar refractivity (Wildman–Crippen MR) is 86.1 cm³/mol. The molecule has 0 unspecified atom stereocenters. The van der Waals surface area contributed by atoms with Gasteiger partial charge in [-0.25, -0.2) is 13.4 Å². The molecule has 0 saturated carbocycles. The van der Waals surface area contributed by atoms with Crippen LogP contribution in [-0.2, 0) is 14.6 Å². The molecule has 0 amide bonds. The van der Waals surface area contributed by atoms with Gasteiger partial charge in [0.25, 0.3) is 5.69 Å². The molecule has 1 heterocycles. The van der Waals surface area contributed by atoms with E-state index in [1.54, 1.807) is 7.05 Å². The number of hydrogen-bond donors (Lipinski definition) is 0. The third-order valence-electron chi connectivity index (χ3n) is 2.84. The summed E-state index contributed by atoms with van der Waals surface area (Å²) >= 11 is 0.987. The van der Waals surface area contributed by atoms with Crippen LogP contribution in [0.4, 0.5) is 22.2 Å². The zero-order valence-electron chi connectivity index (χ0n) is 12.7. The van der Waals surface area contributed by atoms with Crippen molar-refractivity contribution < 1.29 is 22.1 Å². The third kappa shape index (κ3) is 5.79. The Morgan fingerprint density at radius 2 is 2.16 bits per heavy atom. The summed E-state index contributed by atoms with van der Waals surface area (Å²) in [6.45, 7) is -0.348. The van der Waals surface area contributed by atoms with Gasteiger partial charge in [-0.1, -0.05) is 0 Å². The van der Waals surface area contributed by atoms with Crippen molar-refractivity contribution in [1.82, 2.24) is 9.36 Å². The first-order chi connectivity index (χ1) is 11.8. The minimum Gasteiger partial charge on any atom is -0.726 e. The number of anilines is 1. The quantitative estimate of drug-likeness (QED) is 0.216. The van der Waals surface area contributed by atoms with Gasteiger partial charge in [0.1, 0.15) is 6.33 Å². The average molecular weight is 387 g/mol. The molecule has 134 valence electrons. The van der Waals surface area contributed by atoms with Gasteiger partial charge in [0.05, 0.1) is 11.5 Å². The Kier molecular flexibility index (Phi) is 6.02. The molecule has 0 saturated heterocycles. The number of aromatic nitrogens is 2. The Labute approximate surface area is 146 Å². The Balaban J connectivity index is 2.16. The number of benzene rings is 1. The first-order valence-corrected chi connectivity index (χ1v) is 8.65. The molecule has 12 nitrogen and oxygen atoms in total. The van der Waals surface area contributed by atoms with Crippen molar-refractivity contribution in [3.8, 4) is 0 Å². The molecule has 0 radical (unpaired) electrons. The van der Waals surface area contributed by atoms with Crippen molar-refractivity contribution in [2.75, 3.05) is 25.1 Å². The number of nitro groups is 1. The first kappa shape index (κ1) is 18.8. The summed E-state index contributed by atoms with van der Waals surface area (Å²) in [4.78, 5) is 15.9. The normalized spacial score (nSPS) is 11.8. The zero-order chi connectivity index (χ0) is 18.4. The van der Waals surface area contributed by atoms with Crippen LogP contribution in [0.5, 0.6) is 0 Å². The average Bonchev–Trinajstić information content (AvgIpc) is 3.04. The molecule has 25 heavy (non-hydrogen) atoms. The zero-order valence-corrected chi connectivity index (χ0v) is 14.3. The van der Waals surface area contributed by atoms with Crippen molar-refractivity contribution in [3.63, 3.8) is 0 Å². The van der Waals surface area contributed by atoms with Gasteiger partial charge in [0.15, 0.2) is 5.69 Å². The lowest BCUT2D eigenvalue weighted by Gasteiger charge is -2.19. The molecule has 14 heteroatoms. The summed E-state index contributed by atoms with van der Waals surface area (Å²) in [6.07, 6.45) is 1.29. The summed E-state index contributed by atoms with van der Waals surface area (Å²) in [5, 5.41) is 19.0. The predicted octanol–water partition coefficient (Wildman–Crippen LogP) is 1.77. The molecule has 0 aliphatic carbocycles. The standard InChI is InChI=1S/C11H12N6O6S2/c1-16(4-5-23-25(20,21)22)8-2-3-9(10(6-8)17(18)19)14-15-11-12-7-13-24-11/h2-3,6-7H,4-5H2,1H3,(H,20,21,22)/p-1. The molecule has 1 aromatic heterocycles. The van der Waals surface area contributed by atoms with Crippen molar-refractivity contribution >= 4 is 44.1 Å². The van der Waals surface area contributed by atoms with Gasteiger partial charge in [-0.3, -0.25) is 14.3 Å². The van der Waals surface area contributed by atoms with Crippen LogP contribution in [-0.4, -0.2) is 47.5 Å². The lowest BCUT2D eigenvalue weighted by Crippen LogP contribution is -2.23. The fourth-order valence-corrected chi connectivity index (χ4v) is 2.33. The molecule has 0 aliphatic rings. The number of rotatable bonds is 8. The summed E-state index contributed by atoms with van der Waals surface area (Å²) < 4.78 is 39.0. The Hall–Kier alpha value is -2.55. The van der Waals surface area contributed by atoms with Gasteiger partial charge >= 0.3 is 0 Å². The maximum absolute atomic E-state index is 11.2. The summed E-state index contributed by atoms with van der Waals surface area (Å²) in [5.74, 6) is 0. The molecule has 0 N–H and O–H groups in total. The number of azo groups is 1. The number of nitrogens with zero attached hydrogens (tertiary/aromatic N) is 6. The molecule has 0 bridgehead atoms. The Morgan fingerprint density at radius 3 is 2.76 bits per heavy atom. The van der Waals surface area contributed by atoms with Gasteiger partial charge in [0, 0.05) is 36.9 Å². The second kappa shape index (κ2) is 8.02. The van der Waals surface area contributed by atoms with E-state index in [1.807, 2.05) is 0 Å². The van der Waals surface area contributed by atoms with E-state index in [0.29, 0.717) is 5.69 Å². The van der Waals surface area contributed by atoms with Gasteiger partial charge in [-0.15, -0.1) is 10.2 Å². The molecule has 0 spiro atoms. The van der Waals surface area contributed by atoms with E-state index in [-0.39, 0.29) is 29.7 Å². The molecular formula is C11H11N6O6S2-. The summed E-state index contributed by atoms with van der Waals surface area (Å²) in [7, 11) is -3.22. The van der Waals surface area contributed by atoms with E-state index in [4.69, 9.17) is 0 Å². The molecule has 2 rings (SSSR count). The molecule has 0 atom stereocenters. The summed E-state index contributed by atoms with van der Waals surface area (Å²) in [5.41, 5.74) is 0.138. The smallest absolute Gasteiger partial charge is 0.298 e. The number of hydrogen-bond acceptors (Lipinski definition) is 12. The van der Waals surface area contributed by atoms with Crippen LogP contribution in [0.25, 0.3) is 0 Å². The van der Waals surface area contributed by atoms with Gasteiger partial charge < -0.3 is 9.45 Å². The highest BCUT2D eigenvalue weighted by Gasteiger charge is 2.16. The van der Waals surface area contributed by atoms with Crippen molar-refractivity contribution in [3.05, 3.63) is 34.6 Å². The first-order valence-electron chi connectivity index (χ1n) is 6.54. The van der Waals surface area contributed by atoms with Crippen LogP contribution in [0.3, 0.4) is 0 Å². The lowest BCUT2D eigenvalue weighted by molar-refractivity contribution is -0.384. The molecule has 2 aromatic rings. The molecule has 1 aromatic carbocycles. The molecular weight excluding hydrogens is 376 g/mol. The Morgan fingerprint density at radius 1 is 1.40 bits per heavy atom. The van der Waals surface area contributed by atoms with Gasteiger partial charge in [-0.05, 0) is 12.1 Å². The third-order valence-corrected chi connectivity index (χ3v) is 3.85. The second-order valence-corrected chi connectivity index (χ2v) is 6.32. The van der Waals surface area contributed by atoms with Crippen LogP contribution in [0, 0.1) is 10.1 Å². The minimum absolute atomic E-state index is 0.0238. The van der Waals surface area contributed by atoms with Crippen LogP contribution < -0.4 is 4.90 Å². The largest absolute Gasteiger partial charge is 0.726 e. The van der Waals surface area contributed by atoms with Crippen LogP contribution >= 0.6 is 11.5 Å². The van der Waals surface area contributed by atoms with E-state index < -0.39 is 15.3 Å². The maximum atomic E-state index is 11.2. The van der Waals surface area contributed by atoms with E-state index in [1.165, 1.54) is 29.4 Å². The maximum Gasteiger partial charge on any atom is 0.298 e. The van der Waals surface area contributed by atoms with E-state index in [0.717, 1.165) is 11.5 Å². The van der Waals surface area contributed by atoms with Gasteiger partial charge in [0.2, 0.25) is 15.5 Å². The van der Waals surface area contributed by atoms with Crippen molar-refractivity contribution in [1.29, 1.82) is 0 Å². The topological polar surface area (TPSA) is 163 Å². The minimum atomic E-state index is -4.78. The second-order valence-electron chi connectivity index (χ2n) is 4.51.